The molecule has 3 heterocycles. The largest absolute Gasteiger partial charge is 0.373 e. The maximum Gasteiger partial charge on any atom is 0.325 e. The van der Waals surface area contributed by atoms with Crippen molar-refractivity contribution in [3.05, 3.63) is 71.5 Å². The molecule has 2 N–H and O–H groups in total. The minimum Gasteiger partial charge on any atom is -0.373 e. The minimum atomic E-state index is -0.952. The molecule has 194 valence electrons. The smallest absolute Gasteiger partial charge is 0.325 e. The summed E-state index contributed by atoms with van der Waals surface area (Å²) < 4.78 is 1.58. The summed E-state index contributed by atoms with van der Waals surface area (Å²) in [6.45, 7) is 3.84. The lowest BCUT2D eigenvalue weighted by Crippen LogP contribution is -2.70. The molecule has 1 aliphatic rings. The van der Waals surface area contributed by atoms with Crippen LogP contribution in [0.25, 0.3) is 0 Å². The van der Waals surface area contributed by atoms with Gasteiger partial charge in [-0.15, -0.1) is 0 Å². The number of carbonyl (C=O) groups excluding carboxylic acids is 3. The zero-order valence-electron chi connectivity index (χ0n) is 21.8. The van der Waals surface area contributed by atoms with Crippen molar-refractivity contribution in [2.45, 2.75) is 38.8 Å². The van der Waals surface area contributed by atoms with Gasteiger partial charge in [-0.2, -0.15) is 5.10 Å². The summed E-state index contributed by atoms with van der Waals surface area (Å²) in [5, 5.41) is 10.1. The van der Waals surface area contributed by atoms with Crippen molar-refractivity contribution in [2.24, 2.45) is 13.0 Å². The molecule has 10 nitrogen and oxygen atoms in total. The van der Waals surface area contributed by atoms with Gasteiger partial charge < -0.3 is 10.6 Å². The number of likely N-dealkylation sites (N-methyl/N-ethyl adjacent to an activating group) is 1. The Balaban J connectivity index is 1.62. The predicted molar refractivity (Wildman–Crippen MR) is 141 cm³/mol. The van der Waals surface area contributed by atoms with Gasteiger partial charge >= 0.3 is 6.03 Å². The fourth-order valence-electron chi connectivity index (χ4n) is 4.83. The molecular weight excluding hydrogens is 470 g/mol. The first-order valence-electron chi connectivity index (χ1n) is 12.3. The number of rotatable bonds is 8. The number of pyridine rings is 1. The van der Waals surface area contributed by atoms with Gasteiger partial charge in [0.1, 0.15) is 17.7 Å². The summed E-state index contributed by atoms with van der Waals surface area (Å²) in [6, 6.07) is 13.2. The Kier molecular flexibility index (Phi) is 7.56. The van der Waals surface area contributed by atoms with Gasteiger partial charge in [0.15, 0.2) is 0 Å². The van der Waals surface area contributed by atoms with E-state index in [-0.39, 0.29) is 17.9 Å². The predicted octanol–water partition coefficient (Wildman–Crippen LogP) is 3.06. The van der Waals surface area contributed by atoms with Crippen LogP contribution in [0.4, 0.5) is 16.4 Å². The first kappa shape index (κ1) is 25.9. The molecule has 4 rings (SSSR count). The Morgan fingerprint density at radius 1 is 1.16 bits per heavy atom. The van der Waals surface area contributed by atoms with E-state index in [0.717, 1.165) is 21.7 Å². The van der Waals surface area contributed by atoms with Gasteiger partial charge in [-0.1, -0.05) is 37.3 Å². The number of hydrogen-bond acceptors (Lipinski definition) is 6. The number of nitrogens with zero attached hydrogens (tertiary/aromatic N) is 5. The third-order valence-corrected chi connectivity index (χ3v) is 6.79. The fourth-order valence-corrected chi connectivity index (χ4v) is 4.83. The highest BCUT2D eigenvalue weighted by molar-refractivity contribution is 6.12. The lowest BCUT2D eigenvalue weighted by atomic mass is 9.81. The number of likely N-dealkylation sites (tertiary alicyclic amines) is 1. The third kappa shape index (κ3) is 5.18. The van der Waals surface area contributed by atoms with Gasteiger partial charge in [0.2, 0.25) is 5.91 Å². The second-order valence-corrected chi connectivity index (χ2v) is 9.25. The topological polar surface area (TPSA) is 112 Å². The van der Waals surface area contributed by atoms with Gasteiger partial charge in [-0.25, -0.2) is 9.78 Å². The van der Waals surface area contributed by atoms with Gasteiger partial charge in [0, 0.05) is 32.9 Å². The number of aromatic nitrogens is 3. The van der Waals surface area contributed by atoms with Gasteiger partial charge in [-0.3, -0.25) is 24.1 Å². The van der Waals surface area contributed by atoms with Crippen LogP contribution in [0.1, 0.15) is 36.2 Å². The maximum atomic E-state index is 13.7. The minimum absolute atomic E-state index is 0.285. The van der Waals surface area contributed by atoms with Crippen molar-refractivity contribution >= 4 is 29.5 Å². The van der Waals surface area contributed by atoms with E-state index in [1.807, 2.05) is 56.3 Å². The Morgan fingerprint density at radius 3 is 2.51 bits per heavy atom. The van der Waals surface area contributed by atoms with Crippen LogP contribution in [-0.2, 0) is 23.1 Å². The number of aryl methyl sites for hydroxylation is 2. The summed E-state index contributed by atoms with van der Waals surface area (Å²) in [6.07, 6.45) is 2.54. The molecule has 1 fully saturated rings. The number of imide groups is 1. The Labute approximate surface area is 216 Å². The van der Waals surface area contributed by atoms with E-state index in [1.165, 1.54) is 4.90 Å². The summed E-state index contributed by atoms with van der Waals surface area (Å²) in [5.41, 5.74) is 2.60. The Hall–Kier alpha value is -4.21. The van der Waals surface area contributed by atoms with Crippen LogP contribution >= 0.6 is 0 Å². The molecule has 0 aliphatic carbocycles. The number of urea groups is 1. The van der Waals surface area contributed by atoms with Gasteiger partial charge in [-0.05, 0) is 43.0 Å². The molecule has 0 bridgehead atoms. The summed E-state index contributed by atoms with van der Waals surface area (Å²) >= 11 is 0. The van der Waals surface area contributed by atoms with Crippen molar-refractivity contribution < 1.29 is 14.4 Å². The SMILES string of the molecule is CC[C@@H](NC(=O)N1C(=O)[C@H](Cc2cc(C)nc(NC)c2)[C@H]1C(=O)N(C)c1ccnn1C)c1ccccc1. The van der Waals surface area contributed by atoms with Crippen molar-refractivity contribution in [3.8, 4) is 0 Å². The molecule has 1 aromatic carbocycles. The number of amides is 4. The quantitative estimate of drug-likeness (QED) is 0.457. The van der Waals surface area contributed by atoms with Crippen molar-refractivity contribution in [2.75, 3.05) is 24.3 Å². The zero-order valence-corrected chi connectivity index (χ0v) is 21.8. The molecule has 3 aromatic rings. The molecule has 0 saturated carbocycles. The number of anilines is 2. The second kappa shape index (κ2) is 10.8. The van der Waals surface area contributed by atoms with Crippen LogP contribution in [0.15, 0.2) is 54.7 Å². The first-order chi connectivity index (χ1) is 17.7. The lowest BCUT2D eigenvalue weighted by Gasteiger charge is -2.46. The Morgan fingerprint density at radius 2 is 1.89 bits per heavy atom. The third-order valence-electron chi connectivity index (χ3n) is 6.79. The fraction of sp³-hybridized carbons (Fsp3) is 0.370. The van der Waals surface area contributed by atoms with Crippen molar-refractivity contribution in [1.82, 2.24) is 25.0 Å². The standard InChI is InChI=1S/C27H33N7O3/c1-6-21(19-10-8-7-9-11-19)31-27(37)34-24(26(36)32(4)23-12-13-29-33(23)5)20(25(34)35)15-18-14-17(2)30-22(16-18)28-3/h7-14,16,20-21,24H,6,15H2,1-5H3,(H,28,30)(H,31,37)/t20-,21-,24+/m1/s1. The normalized spacial score (nSPS) is 17.6. The molecule has 1 aliphatic heterocycles. The summed E-state index contributed by atoms with van der Waals surface area (Å²) in [7, 11) is 5.14. The van der Waals surface area contributed by atoms with Crippen LogP contribution in [0, 0.1) is 12.8 Å². The van der Waals surface area contributed by atoms with E-state index in [2.05, 4.69) is 20.7 Å². The number of β-lactam (4-membered cyclic amide) rings is 1. The van der Waals surface area contributed by atoms with E-state index < -0.39 is 18.0 Å². The van der Waals surface area contributed by atoms with Crippen LogP contribution in [0.5, 0.6) is 0 Å². The van der Waals surface area contributed by atoms with Gasteiger partial charge in [0.05, 0.1) is 18.2 Å². The number of benzene rings is 1. The molecule has 0 spiro atoms. The molecule has 0 unspecified atom stereocenters. The molecule has 10 heteroatoms. The van der Waals surface area contributed by atoms with Crippen molar-refractivity contribution in [1.29, 1.82) is 0 Å². The van der Waals surface area contributed by atoms with Crippen LogP contribution in [0.2, 0.25) is 0 Å². The zero-order chi connectivity index (χ0) is 26.7. The molecule has 2 aromatic heterocycles. The number of hydrogen-bond donors (Lipinski definition) is 2. The highest BCUT2D eigenvalue weighted by Crippen LogP contribution is 2.33. The molecule has 37 heavy (non-hydrogen) atoms. The highest BCUT2D eigenvalue weighted by Gasteiger charge is 2.55. The van der Waals surface area contributed by atoms with E-state index in [1.54, 1.807) is 38.1 Å². The molecular formula is C27H33N7O3. The van der Waals surface area contributed by atoms with E-state index in [0.29, 0.717) is 24.5 Å². The lowest BCUT2D eigenvalue weighted by molar-refractivity contribution is -0.156. The molecule has 0 radical (unpaired) electrons. The summed E-state index contributed by atoms with van der Waals surface area (Å²) in [4.78, 5) is 47.5. The van der Waals surface area contributed by atoms with Crippen LogP contribution in [0.3, 0.4) is 0 Å². The first-order valence-corrected chi connectivity index (χ1v) is 12.3. The van der Waals surface area contributed by atoms with Crippen LogP contribution < -0.4 is 15.5 Å². The number of nitrogens with one attached hydrogen (secondary N) is 2. The molecule has 4 amide bonds. The second-order valence-electron chi connectivity index (χ2n) is 9.25. The van der Waals surface area contributed by atoms with E-state index >= 15 is 0 Å². The molecule has 1 saturated heterocycles. The number of carbonyl (C=O) groups is 3. The Bertz CT molecular complexity index is 1290. The molecule has 3 atom stereocenters. The van der Waals surface area contributed by atoms with Crippen molar-refractivity contribution in [3.63, 3.8) is 0 Å². The average molecular weight is 504 g/mol. The van der Waals surface area contributed by atoms with Crippen LogP contribution in [-0.4, -0.2) is 57.6 Å². The average Bonchev–Trinajstić information content (AvgIpc) is 3.33. The van der Waals surface area contributed by atoms with E-state index in [4.69, 9.17) is 0 Å². The monoisotopic (exact) mass is 503 g/mol. The maximum absolute atomic E-state index is 13.7. The van der Waals surface area contributed by atoms with E-state index in [9.17, 15) is 14.4 Å². The highest BCUT2D eigenvalue weighted by atomic mass is 16.2. The van der Waals surface area contributed by atoms with Gasteiger partial charge in [0.25, 0.3) is 5.91 Å². The summed E-state index contributed by atoms with van der Waals surface area (Å²) in [5.74, 6) is -0.165.